The average molecular weight is 600 g/mol. The predicted molar refractivity (Wildman–Crippen MR) is 153 cm³/mol. The van der Waals surface area contributed by atoms with E-state index in [1.54, 1.807) is 39.8 Å². The second-order valence-electron chi connectivity index (χ2n) is 11.2. The summed E-state index contributed by atoms with van der Waals surface area (Å²) in [5.74, 6) is -2.33. The van der Waals surface area contributed by atoms with Gasteiger partial charge < -0.3 is 5.73 Å². The summed E-state index contributed by atoms with van der Waals surface area (Å²) in [5, 5.41) is 0. The Labute approximate surface area is 248 Å². The number of benzene rings is 1. The van der Waals surface area contributed by atoms with Crippen LogP contribution in [0.25, 0.3) is 0 Å². The molecule has 0 radical (unpaired) electrons. The molecule has 0 aliphatic heterocycles. The molecule has 8 nitrogen and oxygen atoms in total. The number of carbonyl (C=O) groups excluding carboxylic acids is 2. The van der Waals surface area contributed by atoms with Gasteiger partial charge in [-0.15, -0.1) is 0 Å². The van der Waals surface area contributed by atoms with E-state index in [1.165, 1.54) is 51.4 Å². The van der Waals surface area contributed by atoms with Gasteiger partial charge in [-0.05, 0) is 30.7 Å². The molecule has 0 bridgehead atoms. The molecule has 1 aromatic rings. The van der Waals surface area contributed by atoms with Crippen LogP contribution in [0, 0.1) is 0 Å². The van der Waals surface area contributed by atoms with E-state index in [1.807, 2.05) is 12.1 Å². The molecule has 0 aliphatic carbocycles. The van der Waals surface area contributed by atoms with Crippen molar-refractivity contribution in [2.24, 2.45) is 0 Å². The van der Waals surface area contributed by atoms with E-state index in [2.05, 4.69) is 3.32 Å². The number of anilines is 1. The fourth-order valence-corrected chi connectivity index (χ4v) is 5.33. The van der Waals surface area contributed by atoms with Crippen LogP contribution in [0.3, 0.4) is 0 Å². The summed E-state index contributed by atoms with van der Waals surface area (Å²) in [7, 11) is 0. The van der Waals surface area contributed by atoms with E-state index < -0.39 is 30.4 Å². The number of rotatable bonds is 24. The summed E-state index contributed by atoms with van der Waals surface area (Å²) in [4.78, 5) is 24.8. The van der Waals surface area contributed by atoms with Gasteiger partial charge in [-0.1, -0.05) is 32.1 Å². The van der Waals surface area contributed by atoms with Gasteiger partial charge in [0.2, 0.25) is 0 Å². The van der Waals surface area contributed by atoms with Crippen LogP contribution >= 0.6 is 0 Å². The van der Waals surface area contributed by atoms with E-state index >= 15 is 0 Å². The summed E-state index contributed by atoms with van der Waals surface area (Å²) in [6, 6.07) is 7.18. The van der Waals surface area contributed by atoms with Gasteiger partial charge in [0.05, 0.1) is 0 Å². The van der Waals surface area contributed by atoms with Crippen LogP contribution in [-0.2, 0) is 39.5 Å². The Morgan fingerprint density at radius 2 is 1.15 bits per heavy atom. The molecule has 0 saturated carbocycles. The van der Waals surface area contributed by atoms with E-state index in [0.29, 0.717) is 24.9 Å². The maximum absolute atomic E-state index is 12.6. The molecule has 0 spiro atoms. The minimum absolute atomic E-state index is 0.205. The van der Waals surface area contributed by atoms with Gasteiger partial charge in [-0.3, -0.25) is 4.79 Å². The summed E-state index contributed by atoms with van der Waals surface area (Å²) in [6.07, 6.45) is 16.2. The molecule has 228 valence electrons. The third-order valence-electron chi connectivity index (χ3n) is 6.74. The molecule has 0 atom stereocenters. The molecule has 0 aliphatic rings. The van der Waals surface area contributed by atoms with Crippen molar-refractivity contribution in [1.82, 2.24) is 0 Å². The molecule has 0 saturated heterocycles. The van der Waals surface area contributed by atoms with Crippen molar-refractivity contribution >= 4 is 17.4 Å². The zero-order chi connectivity index (χ0) is 29.8. The number of hydrogen-bond acceptors (Lipinski definition) is 7. The first-order chi connectivity index (χ1) is 19.1. The Bertz CT molecular complexity index is 848. The molecule has 40 heavy (non-hydrogen) atoms. The van der Waals surface area contributed by atoms with Crippen LogP contribution < -0.4 is 5.73 Å². The van der Waals surface area contributed by atoms with Crippen molar-refractivity contribution in [3.05, 3.63) is 29.8 Å². The van der Waals surface area contributed by atoms with Gasteiger partial charge in [0, 0.05) is 17.7 Å². The number of Topliss-reactive ketones (excluding diaryl/α,β-unsaturated/α-hetero) is 1. The van der Waals surface area contributed by atoms with Crippen LogP contribution in [0.1, 0.15) is 141 Å². The molecule has 0 fully saturated rings. The minimum atomic E-state index is -4.05. The number of hydrogen-bond donors (Lipinski definition) is 2. The SMILES string of the molecule is CC(C)OC(CCCCCCCCCCCCCCCCC(=O)c1ccc(N)cc1)(OC(C)C)C(=O)[O][Ti](=[O])[OH]. The Kier molecular flexibility index (Phi) is 19.5. The van der Waals surface area contributed by atoms with Gasteiger partial charge >= 0.3 is 153 Å². The second kappa shape index (κ2) is 21.3. The number of carbonyl (C=O) groups is 2. The Hall–Kier alpha value is -1.45. The maximum atomic E-state index is 12.6. The van der Waals surface area contributed by atoms with Gasteiger partial charge in [-0.25, -0.2) is 0 Å². The van der Waals surface area contributed by atoms with Crippen LogP contribution in [-0.4, -0.2) is 33.4 Å². The zero-order valence-corrected chi connectivity index (χ0v) is 26.8. The molecule has 0 amide bonds. The number of nitrogen functional groups attached to an aromatic ring is 1. The van der Waals surface area contributed by atoms with Crippen LogP contribution in [0.2, 0.25) is 0 Å². The van der Waals surface area contributed by atoms with Crippen LogP contribution in [0.15, 0.2) is 24.3 Å². The summed E-state index contributed by atoms with van der Waals surface area (Å²) < 4.78 is 36.7. The molecule has 1 aromatic carbocycles. The fraction of sp³-hybridized carbons (Fsp3) is 0.742. The van der Waals surface area contributed by atoms with Gasteiger partial charge in [0.25, 0.3) is 0 Å². The molecule has 0 aromatic heterocycles. The number of ether oxygens (including phenoxy) is 2. The van der Waals surface area contributed by atoms with E-state index in [-0.39, 0.29) is 18.0 Å². The number of unbranched alkanes of at least 4 members (excludes halogenated alkanes) is 13. The predicted octanol–water partition coefficient (Wildman–Crippen LogP) is 7.57. The van der Waals surface area contributed by atoms with E-state index in [4.69, 9.17) is 18.9 Å². The van der Waals surface area contributed by atoms with Crippen molar-refractivity contribution in [3.63, 3.8) is 0 Å². The van der Waals surface area contributed by atoms with Gasteiger partial charge in [-0.2, -0.15) is 0 Å². The Morgan fingerprint density at radius 1 is 0.750 bits per heavy atom. The monoisotopic (exact) mass is 599 g/mol. The normalized spacial score (nSPS) is 11.8. The second-order valence-corrected chi connectivity index (χ2v) is 12.4. The fourth-order valence-electron chi connectivity index (χ4n) is 4.84. The molecule has 1 rings (SSSR count). The van der Waals surface area contributed by atoms with Crippen molar-refractivity contribution in [1.29, 1.82) is 0 Å². The third-order valence-corrected chi connectivity index (χ3v) is 7.30. The molecular weight excluding hydrogens is 546 g/mol. The summed E-state index contributed by atoms with van der Waals surface area (Å²) in [6.45, 7) is 7.20. The van der Waals surface area contributed by atoms with Crippen molar-refractivity contribution in [3.8, 4) is 0 Å². The molecule has 3 N–H and O–H groups in total. The average Bonchev–Trinajstić information content (AvgIpc) is 2.87. The first kappa shape index (κ1) is 36.6. The molecular formula is C31H53NO7Ti. The topological polar surface area (TPSA) is 125 Å². The number of nitrogens with two attached hydrogens (primary N) is 1. The first-order valence-corrected chi connectivity index (χ1v) is 17.2. The zero-order valence-electron chi connectivity index (χ0n) is 25.3. The van der Waals surface area contributed by atoms with Crippen molar-refractivity contribution in [2.75, 3.05) is 5.73 Å². The number of ketones is 1. The molecule has 0 heterocycles. The Balaban J connectivity index is 2.08. The van der Waals surface area contributed by atoms with E-state index in [0.717, 1.165) is 37.7 Å². The van der Waals surface area contributed by atoms with E-state index in [9.17, 15) is 12.9 Å². The summed E-state index contributed by atoms with van der Waals surface area (Å²) >= 11 is -4.05. The standard InChI is InChI=1S/C31H53NO5.H2O.O.Ti/c1-25(2)36-31(30(34)35,37-26(3)4)24-18-16-14-12-10-8-6-5-7-9-11-13-15-17-19-29(33)27-20-22-28(32)23-21-27;;;/h20-23,25-26H,5-19,24,32H2,1-4H3,(H,34,35);1H2;;/q;;;+2/p-2. The quantitative estimate of drug-likeness (QED) is 0.0410. The first-order valence-electron chi connectivity index (χ1n) is 15.3. The van der Waals surface area contributed by atoms with Crippen molar-refractivity contribution < 1.29 is 48.0 Å². The molecule has 0 unspecified atom stereocenters. The summed E-state index contributed by atoms with van der Waals surface area (Å²) in [5.41, 5.74) is 7.11. The molecule has 9 heteroatoms. The third kappa shape index (κ3) is 16.7. The van der Waals surface area contributed by atoms with Crippen LogP contribution in [0.5, 0.6) is 0 Å². The van der Waals surface area contributed by atoms with Gasteiger partial charge in [0.1, 0.15) is 0 Å². The van der Waals surface area contributed by atoms with Gasteiger partial charge in [0.15, 0.2) is 5.78 Å². The van der Waals surface area contributed by atoms with Crippen LogP contribution in [0.4, 0.5) is 5.69 Å². The Morgan fingerprint density at radius 3 is 1.55 bits per heavy atom. The van der Waals surface area contributed by atoms with Crippen molar-refractivity contribution in [2.45, 2.75) is 148 Å².